The first-order chi connectivity index (χ1) is 20.3. The predicted molar refractivity (Wildman–Crippen MR) is 164 cm³/mol. The minimum atomic E-state index is -0.0469. The maximum Gasteiger partial charge on any atom is 0.242 e. The van der Waals surface area contributed by atoms with Gasteiger partial charge >= 0.3 is 0 Å². The van der Waals surface area contributed by atoms with Gasteiger partial charge in [0.05, 0.1) is 19.4 Å². The van der Waals surface area contributed by atoms with Crippen molar-refractivity contribution in [3.8, 4) is 0 Å². The highest BCUT2D eigenvalue weighted by atomic mass is 35.5. The third-order valence-electron chi connectivity index (χ3n) is 7.79. The first-order valence-electron chi connectivity index (χ1n) is 14.0. The van der Waals surface area contributed by atoms with Crippen molar-refractivity contribution in [2.24, 2.45) is 0 Å². The fourth-order valence-electron chi connectivity index (χ4n) is 5.54. The molecule has 0 bridgehead atoms. The van der Waals surface area contributed by atoms with Crippen LogP contribution < -0.4 is 9.80 Å². The minimum Gasteiger partial charge on any atom is -0.339 e. The Hall–Kier alpha value is -3.72. The molecule has 0 atom stereocenters. The molecule has 3 aromatic rings. The molecule has 6 rings (SSSR count). The van der Waals surface area contributed by atoms with E-state index >= 15 is 0 Å². The lowest BCUT2D eigenvalue weighted by molar-refractivity contribution is -0.132. The summed E-state index contributed by atoms with van der Waals surface area (Å²) in [5.41, 5.74) is 4.74. The average Bonchev–Trinajstić information content (AvgIpc) is 3.46. The van der Waals surface area contributed by atoms with Gasteiger partial charge in [0.1, 0.15) is 12.8 Å². The van der Waals surface area contributed by atoms with Crippen molar-refractivity contribution < 1.29 is 19.2 Å². The summed E-state index contributed by atoms with van der Waals surface area (Å²) < 4.78 is 0. The topological polar surface area (TPSA) is 81.2 Å². The number of hydrogen-bond acceptors (Lipinski definition) is 5. The van der Waals surface area contributed by atoms with Crippen molar-refractivity contribution in [1.82, 2.24) is 9.80 Å². The van der Waals surface area contributed by atoms with E-state index in [-0.39, 0.29) is 30.8 Å². The molecule has 0 N–H and O–H groups in total. The lowest BCUT2D eigenvalue weighted by atomic mass is 10.1. The molecule has 0 saturated carbocycles. The van der Waals surface area contributed by atoms with Crippen molar-refractivity contribution in [2.75, 3.05) is 55.6 Å². The van der Waals surface area contributed by atoms with Gasteiger partial charge in [0.15, 0.2) is 0 Å². The largest absolute Gasteiger partial charge is 0.339 e. The highest BCUT2D eigenvalue weighted by Gasteiger charge is 2.31. The summed E-state index contributed by atoms with van der Waals surface area (Å²) in [6.07, 6.45) is 2.40. The van der Waals surface area contributed by atoms with Crippen LogP contribution in [-0.4, -0.2) is 79.6 Å². The quantitative estimate of drug-likeness (QED) is 0.379. The normalized spacial score (nSPS) is 16.2. The number of aldehydes is 1. The molecular weight excluding hydrogens is 575 g/mol. The third kappa shape index (κ3) is 7.01. The van der Waals surface area contributed by atoms with Gasteiger partial charge in [-0.3, -0.25) is 19.3 Å². The molecule has 3 heterocycles. The smallest absolute Gasteiger partial charge is 0.242 e. The van der Waals surface area contributed by atoms with Gasteiger partial charge in [-0.15, -0.1) is 0 Å². The minimum absolute atomic E-state index is 0.0128. The van der Waals surface area contributed by atoms with Crippen molar-refractivity contribution in [3.63, 3.8) is 0 Å². The van der Waals surface area contributed by atoms with Crippen LogP contribution in [0.1, 0.15) is 16.7 Å². The Kier molecular flexibility index (Phi) is 9.57. The van der Waals surface area contributed by atoms with Gasteiger partial charge in [0.2, 0.25) is 17.7 Å². The molecule has 0 aliphatic carbocycles. The van der Waals surface area contributed by atoms with Crippen LogP contribution in [0.4, 0.5) is 11.4 Å². The van der Waals surface area contributed by atoms with Crippen LogP contribution in [0.15, 0.2) is 66.7 Å². The summed E-state index contributed by atoms with van der Waals surface area (Å²) in [5, 5.41) is 1.23. The summed E-state index contributed by atoms with van der Waals surface area (Å²) in [7, 11) is 0. The van der Waals surface area contributed by atoms with E-state index in [9.17, 15) is 19.2 Å². The number of halogens is 2. The van der Waals surface area contributed by atoms with Crippen LogP contribution in [0.5, 0.6) is 0 Å². The summed E-state index contributed by atoms with van der Waals surface area (Å²) in [4.78, 5) is 54.2. The SMILES string of the molecule is O=C(CN1C(=O)Cc2cc(Cl)ccc21)N1CCN(CCc2ccccc2)CC1.O=CCN1C(=O)Cc2cc(Cl)ccc21. The second kappa shape index (κ2) is 13.5. The highest BCUT2D eigenvalue weighted by Crippen LogP contribution is 2.32. The van der Waals surface area contributed by atoms with Crippen LogP contribution in [0.2, 0.25) is 10.0 Å². The van der Waals surface area contributed by atoms with Gasteiger partial charge in [0, 0.05) is 54.1 Å². The second-order valence-corrected chi connectivity index (χ2v) is 11.4. The number of carbonyl (C=O) groups is 4. The van der Waals surface area contributed by atoms with Gasteiger partial charge < -0.3 is 19.5 Å². The number of carbonyl (C=O) groups excluding carboxylic acids is 4. The number of amides is 3. The number of hydrogen-bond donors (Lipinski definition) is 0. The standard InChI is InChI=1S/C22H24ClN3O2.C10H8ClNO2/c23-19-6-7-20-18(14-19)15-21(27)26(20)16-22(28)25-12-10-24(11-13-25)9-8-17-4-2-1-3-5-17;11-8-1-2-9-7(5-8)6-10(14)12(9)3-4-13/h1-7,14H,8-13,15-16H2;1-2,4-5H,3,6H2. The molecule has 1 saturated heterocycles. The molecule has 1 fully saturated rings. The fourth-order valence-corrected chi connectivity index (χ4v) is 5.93. The molecule has 218 valence electrons. The van der Waals surface area contributed by atoms with E-state index in [2.05, 4.69) is 29.2 Å². The van der Waals surface area contributed by atoms with E-state index < -0.39 is 0 Å². The molecular formula is C32H32Cl2N4O4. The zero-order chi connectivity index (χ0) is 29.6. The molecule has 10 heteroatoms. The van der Waals surface area contributed by atoms with Gasteiger partial charge in [-0.2, -0.15) is 0 Å². The van der Waals surface area contributed by atoms with E-state index in [1.54, 1.807) is 29.2 Å². The molecule has 0 spiro atoms. The van der Waals surface area contributed by atoms with Crippen molar-refractivity contribution in [3.05, 3.63) is 93.5 Å². The molecule has 3 amide bonds. The number of anilines is 2. The van der Waals surface area contributed by atoms with Crippen LogP contribution in [-0.2, 0) is 38.4 Å². The van der Waals surface area contributed by atoms with Crippen LogP contribution in [0.25, 0.3) is 0 Å². The number of fused-ring (bicyclic) bond motifs is 2. The van der Waals surface area contributed by atoms with Crippen molar-refractivity contribution >= 4 is 58.6 Å². The molecule has 3 aromatic carbocycles. The average molecular weight is 608 g/mol. The van der Waals surface area contributed by atoms with E-state index in [1.165, 1.54) is 10.5 Å². The molecule has 3 aliphatic rings. The Balaban J connectivity index is 0.000000211. The maximum absolute atomic E-state index is 12.7. The summed E-state index contributed by atoms with van der Waals surface area (Å²) in [6, 6.07) is 21.1. The van der Waals surface area contributed by atoms with Crippen LogP contribution in [0, 0.1) is 0 Å². The summed E-state index contributed by atoms with van der Waals surface area (Å²) in [5.74, 6) is -0.0691. The van der Waals surface area contributed by atoms with Gasteiger partial charge in [0.25, 0.3) is 0 Å². The van der Waals surface area contributed by atoms with E-state index in [0.29, 0.717) is 36.0 Å². The molecule has 8 nitrogen and oxygen atoms in total. The zero-order valence-electron chi connectivity index (χ0n) is 23.2. The van der Waals surface area contributed by atoms with Crippen molar-refractivity contribution in [2.45, 2.75) is 19.3 Å². The monoisotopic (exact) mass is 606 g/mol. The highest BCUT2D eigenvalue weighted by molar-refractivity contribution is 6.31. The lowest BCUT2D eigenvalue weighted by Gasteiger charge is -2.35. The van der Waals surface area contributed by atoms with Crippen molar-refractivity contribution in [1.29, 1.82) is 0 Å². The first-order valence-corrected chi connectivity index (χ1v) is 14.7. The van der Waals surface area contributed by atoms with Gasteiger partial charge in [-0.1, -0.05) is 53.5 Å². The Labute approximate surface area is 255 Å². The van der Waals surface area contributed by atoms with Crippen LogP contribution in [0.3, 0.4) is 0 Å². The number of benzene rings is 3. The third-order valence-corrected chi connectivity index (χ3v) is 8.26. The van der Waals surface area contributed by atoms with E-state index in [0.717, 1.165) is 54.8 Å². The first kappa shape index (κ1) is 29.8. The number of nitrogens with zero attached hydrogens (tertiary/aromatic N) is 4. The van der Waals surface area contributed by atoms with Crippen LogP contribution >= 0.6 is 23.2 Å². The number of rotatable bonds is 7. The van der Waals surface area contributed by atoms with Gasteiger partial charge in [-0.05, 0) is 59.5 Å². The summed E-state index contributed by atoms with van der Waals surface area (Å²) in [6.45, 7) is 4.40. The summed E-state index contributed by atoms with van der Waals surface area (Å²) >= 11 is 11.8. The number of piperazine rings is 1. The van der Waals surface area contributed by atoms with Gasteiger partial charge in [-0.25, -0.2) is 0 Å². The molecule has 0 aromatic heterocycles. The molecule has 3 aliphatic heterocycles. The molecule has 42 heavy (non-hydrogen) atoms. The molecule has 0 radical (unpaired) electrons. The lowest BCUT2D eigenvalue weighted by Crippen LogP contribution is -2.51. The fraction of sp³-hybridized carbons (Fsp3) is 0.312. The Morgan fingerprint density at radius 1 is 0.762 bits per heavy atom. The Bertz CT molecular complexity index is 1470. The Morgan fingerprint density at radius 3 is 1.93 bits per heavy atom. The zero-order valence-corrected chi connectivity index (χ0v) is 24.7. The Morgan fingerprint density at radius 2 is 1.33 bits per heavy atom. The molecule has 0 unspecified atom stereocenters. The van der Waals surface area contributed by atoms with E-state index in [1.807, 2.05) is 23.1 Å². The maximum atomic E-state index is 12.7. The second-order valence-electron chi connectivity index (χ2n) is 10.5. The van der Waals surface area contributed by atoms with E-state index in [4.69, 9.17) is 23.2 Å². The predicted octanol–water partition coefficient (Wildman–Crippen LogP) is 4.04.